The molecule has 4 rings (SSSR count). The number of para-hydroxylation sites is 1. The van der Waals surface area contributed by atoms with E-state index in [0.29, 0.717) is 28.6 Å². The van der Waals surface area contributed by atoms with Crippen LogP contribution < -0.4 is 14.8 Å². The summed E-state index contributed by atoms with van der Waals surface area (Å²) in [6, 6.07) is 18.0. The Morgan fingerprint density at radius 1 is 1.11 bits per heavy atom. The maximum Gasteiger partial charge on any atom is 0.214 e. The Morgan fingerprint density at radius 3 is 2.71 bits per heavy atom. The molecule has 35 heavy (non-hydrogen) atoms. The molecule has 0 fully saturated rings. The minimum Gasteiger partial charge on any atom is -0.493 e. The van der Waals surface area contributed by atoms with Crippen LogP contribution in [0.25, 0.3) is 5.69 Å². The van der Waals surface area contributed by atoms with Gasteiger partial charge in [-0.3, -0.25) is 0 Å². The normalized spacial score (nSPS) is 11.0. The van der Waals surface area contributed by atoms with Crippen molar-refractivity contribution in [3.63, 3.8) is 0 Å². The van der Waals surface area contributed by atoms with E-state index in [4.69, 9.17) is 21.1 Å². The third kappa shape index (κ3) is 6.52. The molecule has 3 aromatic carbocycles. The summed E-state index contributed by atoms with van der Waals surface area (Å²) in [7, 11) is 1.57. The molecule has 0 bridgehead atoms. The van der Waals surface area contributed by atoms with Crippen molar-refractivity contribution < 1.29 is 13.9 Å². The first-order chi connectivity index (χ1) is 17.1. The molecule has 11 heteroatoms. The van der Waals surface area contributed by atoms with Gasteiger partial charge < -0.3 is 14.8 Å². The molecular formula is C24H22BrClFN5O2S. The first-order valence-corrected chi connectivity index (χ1v) is 12.8. The van der Waals surface area contributed by atoms with Crippen LogP contribution in [0.3, 0.4) is 0 Å². The summed E-state index contributed by atoms with van der Waals surface area (Å²) in [6.07, 6.45) is 0. The number of aromatic nitrogens is 4. The lowest BCUT2D eigenvalue weighted by molar-refractivity contribution is 0.279. The predicted octanol–water partition coefficient (Wildman–Crippen LogP) is 5.69. The van der Waals surface area contributed by atoms with Crippen molar-refractivity contribution in [3.8, 4) is 17.2 Å². The van der Waals surface area contributed by atoms with Gasteiger partial charge in [-0.15, -0.1) is 5.10 Å². The standard InChI is InChI=1S/C24H22BrClFN5O2S/c1-33-22-12-16(19(25)13-23(22)34-15-18-20(26)8-5-9-21(18)27)14-28-10-11-35-24-29-30-31-32(24)17-6-3-2-4-7-17/h2-9,12-13,28H,10-11,14-15H2,1H3. The fourth-order valence-corrected chi connectivity index (χ4v) is 4.71. The van der Waals surface area contributed by atoms with Crippen LogP contribution in [0.1, 0.15) is 11.1 Å². The molecule has 1 N–H and O–H groups in total. The number of nitrogens with zero attached hydrogens (tertiary/aromatic N) is 4. The maximum atomic E-state index is 14.1. The number of benzene rings is 3. The molecule has 0 unspecified atom stereocenters. The van der Waals surface area contributed by atoms with Crippen LogP contribution in [0.4, 0.5) is 4.39 Å². The lowest BCUT2D eigenvalue weighted by Gasteiger charge is -2.15. The van der Waals surface area contributed by atoms with E-state index in [-0.39, 0.29) is 6.61 Å². The van der Waals surface area contributed by atoms with Gasteiger partial charge in [0.1, 0.15) is 12.4 Å². The molecule has 1 aromatic heterocycles. The molecule has 4 aromatic rings. The SMILES string of the molecule is COc1cc(CNCCSc2nnnn2-c2ccccc2)c(Br)cc1OCc1c(F)cccc1Cl. The monoisotopic (exact) mass is 577 g/mol. The Hall–Kier alpha value is -2.66. The fourth-order valence-electron chi connectivity index (χ4n) is 3.24. The van der Waals surface area contributed by atoms with Crippen LogP contribution >= 0.6 is 39.3 Å². The summed E-state index contributed by atoms with van der Waals surface area (Å²) in [6.45, 7) is 1.34. The number of nitrogens with one attached hydrogen (secondary N) is 1. The predicted molar refractivity (Wildman–Crippen MR) is 138 cm³/mol. The zero-order valence-corrected chi connectivity index (χ0v) is 21.9. The van der Waals surface area contributed by atoms with E-state index >= 15 is 0 Å². The van der Waals surface area contributed by atoms with Gasteiger partial charge in [-0.2, -0.15) is 4.68 Å². The molecule has 0 saturated carbocycles. The molecule has 0 aliphatic carbocycles. The number of hydrogen-bond donors (Lipinski definition) is 1. The van der Waals surface area contributed by atoms with Gasteiger partial charge >= 0.3 is 0 Å². The number of thioether (sulfide) groups is 1. The van der Waals surface area contributed by atoms with Crippen molar-refractivity contribution in [3.05, 3.63) is 87.1 Å². The third-order valence-corrected chi connectivity index (χ3v) is 7.05. The fraction of sp³-hybridized carbons (Fsp3) is 0.208. The highest BCUT2D eigenvalue weighted by molar-refractivity contribution is 9.10. The molecule has 0 atom stereocenters. The van der Waals surface area contributed by atoms with E-state index in [0.717, 1.165) is 33.2 Å². The van der Waals surface area contributed by atoms with Crippen LogP contribution in [-0.2, 0) is 13.2 Å². The van der Waals surface area contributed by atoms with E-state index in [1.54, 1.807) is 35.7 Å². The van der Waals surface area contributed by atoms with E-state index < -0.39 is 5.82 Å². The second-order valence-corrected chi connectivity index (χ2v) is 9.64. The summed E-state index contributed by atoms with van der Waals surface area (Å²) >= 11 is 11.3. The summed E-state index contributed by atoms with van der Waals surface area (Å²) in [5, 5.41) is 16.4. The number of hydrogen-bond acceptors (Lipinski definition) is 7. The molecule has 0 spiro atoms. The largest absolute Gasteiger partial charge is 0.493 e. The first kappa shape index (κ1) is 25.4. The average Bonchev–Trinajstić information content (AvgIpc) is 3.33. The molecule has 182 valence electrons. The molecule has 7 nitrogen and oxygen atoms in total. The molecule has 0 amide bonds. The highest BCUT2D eigenvalue weighted by Gasteiger charge is 2.14. The van der Waals surface area contributed by atoms with E-state index in [1.165, 1.54) is 6.07 Å². The lowest BCUT2D eigenvalue weighted by Crippen LogP contribution is -2.17. The lowest BCUT2D eigenvalue weighted by atomic mass is 10.2. The van der Waals surface area contributed by atoms with Crippen molar-refractivity contribution in [2.75, 3.05) is 19.4 Å². The maximum absolute atomic E-state index is 14.1. The van der Waals surface area contributed by atoms with E-state index in [2.05, 4.69) is 36.8 Å². The second-order valence-electron chi connectivity index (χ2n) is 7.32. The van der Waals surface area contributed by atoms with Crippen LogP contribution in [0, 0.1) is 5.82 Å². The summed E-state index contributed by atoms with van der Waals surface area (Å²) in [5.74, 6) is 1.42. The van der Waals surface area contributed by atoms with Gasteiger partial charge in [-0.25, -0.2) is 4.39 Å². The van der Waals surface area contributed by atoms with Gasteiger partial charge in [0.25, 0.3) is 0 Å². The van der Waals surface area contributed by atoms with Crippen LogP contribution in [0.2, 0.25) is 5.02 Å². The van der Waals surface area contributed by atoms with Gasteiger partial charge in [0.2, 0.25) is 5.16 Å². The summed E-state index contributed by atoms with van der Waals surface area (Å²) in [4.78, 5) is 0. The second kappa shape index (κ2) is 12.3. The Bertz CT molecular complexity index is 1260. The third-order valence-electron chi connectivity index (χ3n) is 5.03. The van der Waals surface area contributed by atoms with Gasteiger partial charge in [0.15, 0.2) is 11.5 Å². The minimum atomic E-state index is -0.410. The molecule has 0 saturated heterocycles. The summed E-state index contributed by atoms with van der Waals surface area (Å²) in [5.41, 5.74) is 2.22. The van der Waals surface area contributed by atoms with Crippen molar-refractivity contribution in [2.45, 2.75) is 18.3 Å². The molecule has 0 aliphatic rings. The quantitative estimate of drug-likeness (QED) is 0.181. The van der Waals surface area contributed by atoms with E-state index in [9.17, 15) is 4.39 Å². The Kier molecular flexibility index (Phi) is 8.97. The van der Waals surface area contributed by atoms with Gasteiger partial charge in [-0.05, 0) is 52.4 Å². The molecule has 0 aliphatic heterocycles. The van der Waals surface area contributed by atoms with Crippen molar-refractivity contribution in [1.82, 2.24) is 25.5 Å². The minimum absolute atomic E-state index is 0.00835. The number of methoxy groups -OCH3 is 1. The van der Waals surface area contributed by atoms with Gasteiger partial charge in [0.05, 0.1) is 17.8 Å². The smallest absolute Gasteiger partial charge is 0.214 e. The van der Waals surface area contributed by atoms with Crippen LogP contribution in [-0.4, -0.2) is 39.6 Å². The number of halogens is 3. The Balaban J connectivity index is 1.31. The highest BCUT2D eigenvalue weighted by atomic mass is 79.9. The van der Waals surface area contributed by atoms with Crippen LogP contribution in [0.5, 0.6) is 11.5 Å². The number of rotatable bonds is 11. The molecule has 0 radical (unpaired) electrons. The van der Waals surface area contributed by atoms with E-state index in [1.807, 2.05) is 42.5 Å². The van der Waals surface area contributed by atoms with Crippen molar-refractivity contribution in [1.29, 1.82) is 0 Å². The van der Waals surface area contributed by atoms with Gasteiger partial charge in [-0.1, -0.05) is 63.6 Å². The van der Waals surface area contributed by atoms with Crippen molar-refractivity contribution >= 4 is 39.3 Å². The van der Waals surface area contributed by atoms with Crippen molar-refractivity contribution in [2.24, 2.45) is 0 Å². The Morgan fingerprint density at radius 2 is 1.94 bits per heavy atom. The zero-order chi connectivity index (χ0) is 24.6. The Labute approximate surface area is 220 Å². The molecule has 1 heterocycles. The first-order valence-electron chi connectivity index (χ1n) is 10.7. The van der Waals surface area contributed by atoms with Crippen LogP contribution in [0.15, 0.2) is 70.3 Å². The topological polar surface area (TPSA) is 74.1 Å². The highest BCUT2D eigenvalue weighted by Crippen LogP contribution is 2.34. The number of tetrazole rings is 1. The van der Waals surface area contributed by atoms with Gasteiger partial charge in [0, 0.05) is 28.9 Å². The zero-order valence-electron chi connectivity index (χ0n) is 18.7. The summed E-state index contributed by atoms with van der Waals surface area (Å²) < 4.78 is 27.9. The average molecular weight is 579 g/mol. The molecular weight excluding hydrogens is 557 g/mol. The number of ether oxygens (including phenoxy) is 2.